The van der Waals surface area contributed by atoms with Crippen molar-refractivity contribution in [1.29, 1.82) is 0 Å². The molecule has 0 aromatic heterocycles. The van der Waals surface area contributed by atoms with E-state index in [9.17, 15) is 0 Å². The second-order valence-corrected chi connectivity index (χ2v) is 2.94. The quantitative estimate of drug-likeness (QED) is 0.558. The second kappa shape index (κ2) is 3.02. The molecule has 52 valence electrons. The first-order chi connectivity index (χ1) is 4.29. The molecule has 0 spiro atoms. The van der Waals surface area contributed by atoms with Gasteiger partial charge in [-0.3, -0.25) is 0 Å². The second-order valence-electron chi connectivity index (χ2n) is 2.94. The summed E-state index contributed by atoms with van der Waals surface area (Å²) in [5, 5.41) is 0. The number of hydrogen-bond donors (Lipinski definition) is 1. The highest BCUT2D eigenvalue weighted by molar-refractivity contribution is 4.96. The first kappa shape index (κ1) is 6.81. The topological polar surface area (TPSA) is 26.0 Å². The van der Waals surface area contributed by atoms with E-state index < -0.39 is 0 Å². The molecule has 0 radical (unpaired) electrons. The lowest BCUT2D eigenvalue weighted by atomic mass is 9.85. The molecule has 1 aliphatic rings. The molecule has 0 heterocycles. The Hall–Kier alpha value is -0.300. The number of hydrogen-bond acceptors (Lipinski definition) is 1. The van der Waals surface area contributed by atoms with Gasteiger partial charge in [-0.2, -0.15) is 0 Å². The lowest BCUT2D eigenvalue weighted by Crippen LogP contribution is -2.13. The first-order valence-corrected chi connectivity index (χ1v) is 3.73. The maximum atomic E-state index is 5.53. The normalized spacial score (nSPS) is 24.2. The third-order valence-electron chi connectivity index (χ3n) is 1.84. The molecule has 0 aromatic rings. The van der Waals surface area contributed by atoms with Gasteiger partial charge in [-0.25, -0.2) is 0 Å². The predicted molar refractivity (Wildman–Crippen MR) is 40.1 cm³/mol. The molecule has 1 atom stereocenters. The van der Waals surface area contributed by atoms with Gasteiger partial charge >= 0.3 is 0 Å². The van der Waals surface area contributed by atoms with E-state index in [4.69, 9.17) is 5.73 Å². The molecule has 2 N–H and O–H groups in total. The minimum absolute atomic E-state index is 0.241. The zero-order valence-electron chi connectivity index (χ0n) is 6.01. The lowest BCUT2D eigenvalue weighted by Gasteiger charge is -2.21. The standard InChI is InChI=1S/C8H15N/c1-7(9)5-6-8-3-2-4-8/h5-8H,2-4,9H2,1H3/b6-5+. The molecule has 1 nitrogen and oxygen atoms in total. The largest absolute Gasteiger partial charge is 0.325 e. The number of allylic oxidation sites excluding steroid dienone is 1. The highest BCUT2D eigenvalue weighted by Gasteiger charge is 2.12. The third-order valence-corrected chi connectivity index (χ3v) is 1.84. The van der Waals surface area contributed by atoms with E-state index in [-0.39, 0.29) is 6.04 Å². The van der Waals surface area contributed by atoms with Gasteiger partial charge in [0.05, 0.1) is 0 Å². The molecule has 0 bridgehead atoms. The summed E-state index contributed by atoms with van der Waals surface area (Å²) < 4.78 is 0. The van der Waals surface area contributed by atoms with E-state index in [0.717, 1.165) is 5.92 Å². The van der Waals surface area contributed by atoms with Gasteiger partial charge in [0.2, 0.25) is 0 Å². The fourth-order valence-electron chi connectivity index (χ4n) is 0.965. The average Bonchev–Trinajstić information content (AvgIpc) is 1.60. The Kier molecular flexibility index (Phi) is 2.29. The molecular formula is C8H15N. The summed E-state index contributed by atoms with van der Waals surface area (Å²) >= 11 is 0. The summed E-state index contributed by atoms with van der Waals surface area (Å²) in [6, 6.07) is 0.241. The van der Waals surface area contributed by atoms with Gasteiger partial charge in [-0.05, 0) is 25.7 Å². The Balaban J connectivity index is 2.14. The zero-order valence-corrected chi connectivity index (χ0v) is 6.01. The third kappa shape index (κ3) is 2.19. The van der Waals surface area contributed by atoms with E-state index in [0.29, 0.717) is 0 Å². The van der Waals surface area contributed by atoms with Crippen LogP contribution in [0.5, 0.6) is 0 Å². The van der Waals surface area contributed by atoms with E-state index >= 15 is 0 Å². The average molecular weight is 125 g/mol. The Morgan fingerprint density at radius 3 is 2.56 bits per heavy atom. The van der Waals surface area contributed by atoms with Crippen LogP contribution in [0, 0.1) is 5.92 Å². The molecule has 0 aliphatic heterocycles. The minimum atomic E-state index is 0.241. The molecule has 9 heavy (non-hydrogen) atoms. The molecular weight excluding hydrogens is 110 g/mol. The van der Waals surface area contributed by atoms with Gasteiger partial charge in [0, 0.05) is 6.04 Å². The lowest BCUT2D eigenvalue weighted by molar-refractivity contribution is 0.387. The molecule has 0 aromatic carbocycles. The Labute approximate surface area is 56.9 Å². The van der Waals surface area contributed by atoms with Crippen LogP contribution in [0.4, 0.5) is 0 Å². The zero-order chi connectivity index (χ0) is 6.69. The van der Waals surface area contributed by atoms with Crippen molar-refractivity contribution in [3.05, 3.63) is 12.2 Å². The van der Waals surface area contributed by atoms with Crippen LogP contribution in [0.15, 0.2) is 12.2 Å². The van der Waals surface area contributed by atoms with Crippen molar-refractivity contribution in [3.8, 4) is 0 Å². The maximum absolute atomic E-state index is 5.53. The smallest absolute Gasteiger partial charge is 0.0194 e. The summed E-state index contributed by atoms with van der Waals surface area (Å²) in [7, 11) is 0. The fraction of sp³-hybridized carbons (Fsp3) is 0.750. The van der Waals surface area contributed by atoms with Gasteiger partial charge in [0.1, 0.15) is 0 Å². The molecule has 1 saturated carbocycles. The van der Waals surface area contributed by atoms with E-state index in [1.165, 1.54) is 19.3 Å². The maximum Gasteiger partial charge on any atom is 0.0194 e. The Morgan fingerprint density at radius 1 is 1.56 bits per heavy atom. The van der Waals surface area contributed by atoms with Gasteiger partial charge in [-0.1, -0.05) is 18.6 Å². The van der Waals surface area contributed by atoms with Crippen LogP contribution in [0.1, 0.15) is 26.2 Å². The summed E-state index contributed by atoms with van der Waals surface area (Å²) in [6.45, 7) is 2.01. The van der Waals surface area contributed by atoms with E-state index in [1.807, 2.05) is 6.92 Å². The Morgan fingerprint density at radius 2 is 2.22 bits per heavy atom. The number of nitrogens with two attached hydrogens (primary N) is 1. The summed E-state index contributed by atoms with van der Waals surface area (Å²) in [4.78, 5) is 0. The minimum Gasteiger partial charge on any atom is -0.325 e. The predicted octanol–water partition coefficient (Wildman–Crippen LogP) is 1.69. The van der Waals surface area contributed by atoms with Gasteiger partial charge in [0.15, 0.2) is 0 Å². The van der Waals surface area contributed by atoms with Crippen LogP contribution < -0.4 is 5.73 Å². The van der Waals surface area contributed by atoms with Crippen LogP contribution in [-0.4, -0.2) is 6.04 Å². The number of rotatable bonds is 2. The summed E-state index contributed by atoms with van der Waals surface area (Å²) in [6.07, 6.45) is 8.53. The van der Waals surface area contributed by atoms with Crippen LogP contribution >= 0.6 is 0 Å². The molecule has 1 fully saturated rings. The van der Waals surface area contributed by atoms with Crippen molar-refractivity contribution in [2.24, 2.45) is 11.7 Å². The van der Waals surface area contributed by atoms with Crippen LogP contribution in [0.2, 0.25) is 0 Å². The van der Waals surface area contributed by atoms with Crippen molar-refractivity contribution >= 4 is 0 Å². The summed E-state index contributed by atoms with van der Waals surface area (Å²) in [5.74, 6) is 0.857. The SMILES string of the molecule is CC(N)/C=C/C1CCC1. The molecule has 1 rings (SSSR count). The molecule has 0 amide bonds. The molecule has 1 aliphatic carbocycles. The van der Waals surface area contributed by atoms with Gasteiger partial charge < -0.3 is 5.73 Å². The van der Waals surface area contributed by atoms with Crippen LogP contribution in [0.25, 0.3) is 0 Å². The van der Waals surface area contributed by atoms with Crippen molar-refractivity contribution in [2.45, 2.75) is 32.2 Å². The highest BCUT2D eigenvalue weighted by Crippen LogP contribution is 2.27. The molecule has 1 heteroatoms. The molecule has 1 unspecified atom stereocenters. The van der Waals surface area contributed by atoms with Gasteiger partial charge in [0.25, 0.3) is 0 Å². The Bertz CT molecular complexity index is 101. The van der Waals surface area contributed by atoms with Crippen molar-refractivity contribution in [2.75, 3.05) is 0 Å². The first-order valence-electron chi connectivity index (χ1n) is 3.73. The monoisotopic (exact) mass is 125 g/mol. The highest BCUT2D eigenvalue weighted by atomic mass is 14.6. The van der Waals surface area contributed by atoms with Gasteiger partial charge in [-0.15, -0.1) is 0 Å². The van der Waals surface area contributed by atoms with Crippen molar-refractivity contribution < 1.29 is 0 Å². The fourth-order valence-corrected chi connectivity index (χ4v) is 0.965. The summed E-state index contributed by atoms with van der Waals surface area (Å²) in [5.41, 5.74) is 5.53. The van der Waals surface area contributed by atoms with E-state index in [2.05, 4.69) is 12.2 Å². The van der Waals surface area contributed by atoms with Crippen molar-refractivity contribution in [3.63, 3.8) is 0 Å². The van der Waals surface area contributed by atoms with Crippen LogP contribution in [0.3, 0.4) is 0 Å². The molecule has 0 saturated heterocycles. The van der Waals surface area contributed by atoms with Crippen molar-refractivity contribution in [1.82, 2.24) is 0 Å². The van der Waals surface area contributed by atoms with E-state index in [1.54, 1.807) is 0 Å². The van der Waals surface area contributed by atoms with Crippen LogP contribution in [-0.2, 0) is 0 Å².